The lowest BCUT2D eigenvalue weighted by atomic mass is 9.75. The molecule has 1 aliphatic carbocycles. The fourth-order valence-electron chi connectivity index (χ4n) is 1.93. The van der Waals surface area contributed by atoms with Gasteiger partial charge < -0.3 is 5.32 Å². The van der Waals surface area contributed by atoms with Gasteiger partial charge in [0.25, 0.3) is 0 Å². The molecule has 1 heteroatoms. The van der Waals surface area contributed by atoms with Crippen LogP contribution in [0.2, 0.25) is 0 Å². The van der Waals surface area contributed by atoms with Gasteiger partial charge in [-0.1, -0.05) is 12.8 Å². The third kappa shape index (κ3) is 0.877. The Kier molecular flexibility index (Phi) is 1.26. The van der Waals surface area contributed by atoms with Crippen molar-refractivity contribution >= 4 is 0 Å². The Morgan fingerprint density at radius 2 is 2.22 bits per heavy atom. The highest BCUT2D eigenvalue weighted by Gasteiger charge is 2.36. The van der Waals surface area contributed by atoms with Gasteiger partial charge in [-0.05, 0) is 32.2 Å². The van der Waals surface area contributed by atoms with Gasteiger partial charge in [-0.15, -0.1) is 0 Å². The van der Waals surface area contributed by atoms with Crippen LogP contribution in [0, 0.1) is 6.42 Å². The lowest BCUT2D eigenvalue weighted by molar-refractivity contribution is 0.167. The van der Waals surface area contributed by atoms with Crippen LogP contribution in [0.4, 0.5) is 0 Å². The van der Waals surface area contributed by atoms with E-state index in [-0.39, 0.29) is 0 Å². The molecule has 1 saturated carbocycles. The normalized spacial score (nSPS) is 32.0. The minimum absolute atomic E-state index is 0.595. The van der Waals surface area contributed by atoms with Gasteiger partial charge in [0.05, 0.1) is 0 Å². The van der Waals surface area contributed by atoms with E-state index < -0.39 is 0 Å². The molecule has 0 aromatic carbocycles. The Balaban J connectivity index is 1.93. The number of hydrogen-bond acceptors (Lipinski definition) is 1. The van der Waals surface area contributed by atoms with E-state index in [0.717, 1.165) is 0 Å². The lowest BCUT2D eigenvalue weighted by Gasteiger charge is -2.46. The monoisotopic (exact) mass is 124 g/mol. The summed E-state index contributed by atoms with van der Waals surface area (Å²) in [4.78, 5) is 0. The molecule has 1 nitrogen and oxygen atoms in total. The summed E-state index contributed by atoms with van der Waals surface area (Å²) in [7, 11) is 0. The van der Waals surface area contributed by atoms with Crippen LogP contribution < -0.4 is 5.32 Å². The number of hydrogen-bond donors (Lipinski definition) is 1. The third-order valence-electron chi connectivity index (χ3n) is 2.70. The Bertz CT molecular complexity index is 97.1. The fraction of sp³-hybridized carbons (Fsp3) is 0.875. The first-order valence-corrected chi connectivity index (χ1v) is 3.98. The molecule has 0 bridgehead atoms. The Morgan fingerprint density at radius 3 is 2.56 bits per heavy atom. The van der Waals surface area contributed by atoms with E-state index in [1.54, 1.807) is 0 Å². The molecule has 2 rings (SSSR count). The van der Waals surface area contributed by atoms with Crippen LogP contribution in [-0.2, 0) is 0 Å². The molecule has 0 aromatic rings. The largest absolute Gasteiger partial charge is 0.311 e. The number of rotatable bonds is 0. The van der Waals surface area contributed by atoms with Crippen LogP contribution >= 0.6 is 0 Å². The van der Waals surface area contributed by atoms with Crippen molar-refractivity contribution in [2.75, 3.05) is 6.54 Å². The minimum atomic E-state index is 0.595. The molecule has 0 amide bonds. The van der Waals surface area contributed by atoms with Crippen molar-refractivity contribution in [1.82, 2.24) is 5.32 Å². The molecule has 0 aromatic heterocycles. The molecule has 1 N–H and O–H groups in total. The molecule has 2 fully saturated rings. The second kappa shape index (κ2) is 1.98. The van der Waals surface area contributed by atoms with E-state index >= 15 is 0 Å². The first-order chi connectivity index (χ1) is 4.41. The Hall–Kier alpha value is -0.0400. The molecular formula is C8H14N. The summed E-state index contributed by atoms with van der Waals surface area (Å²) < 4.78 is 0. The van der Waals surface area contributed by atoms with E-state index in [1.165, 1.54) is 38.6 Å². The van der Waals surface area contributed by atoms with E-state index in [4.69, 9.17) is 0 Å². The maximum atomic E-state index is 3.53. The molecule has 1 saturated heterocycles. The van der Waals surface area contributed by atoms with E-state index in [0.29, 0.717) is 5.54 Å². The molecule has 1 spiro atoms. The van der Waals surface area contributed by atoms with Gasteiger partial charge in [0.1, 0.15) is 0 Å². The van der Waals surface area contributed by atoms with Crippen molar-refractivity contribution in [2.45, 2.75) is 37.6 Å². The van der Waals surface area contributed by atoms with E-state index in [1.807, 2.05) is 0 Å². The summed E-state index contributed by atoms with van der Waals surface area (Å²) >= 11 is 0. The summed E-state index contributed by atoms with van der Waals surface area (Å²) in [6.45, 7) is 1.26. The fourth-order valence-corrected chi connectivity index (χ4v) is 1.93. The molecule has 2 aliphatic rings. The van der Waals surface area contributed by atoms with Crippen molar-refractivity contribution in [1.29, 1.82) is 0 Å². The minimum Gasteiger partial charge on any atom is -0.311 e. The highest BCUT2D eigenvalue weighted by Crippen LogP contribution is 2.34. The first-order valence-electron chi connectivity index (χ1n) is 3.98. The quantitative estimate of drug-likeness (QED) is 0.516. The van der Waals surface area contributed by atoms with Gasteiger partial charge in [0.15, 0.2) is 0 Å². The molecule has 1 aliphatic heterocycles. The smallest absolute Gasteiger partial charge is 0.0196 e. The third-order valence-corrected chi connectivity index (χ3v) is 2.70. The zero-order chi connectivity index (χ0) is 6.16. The first kappa shape index (κ1) is 5.72. The predicted octanol–water partition coefficient (Wildman–Crippen LogP) is 1.50. The van der Waals surface area contributed by atoms with Gasteiger partial charge >= 0.3 is 0 Å². The Labute approximate surface area is 56.8 Å². The molecule has 1 radical (unpaired) electrons. The van der Waals surface area contributed by atoms with Crippen LogP contribution in [0.1, 0.15) is 32.1 Å². The standard InChI is InChI=1S/C8H14N/c1-2-4-8(5-3-1)6-7-9-8/h2,9H,1,3-7H2. The van der Waals surface area contributed by atoms with Crippen LogP contribution in [0.5, 0.6) is 0 Å². The SMILES string of the molecule is [CH]1CCCC2(C1)CCN2. The average Bonchev–Trinajstić information content (AvgIpc) is 1.87. The summed E-state index contributed by atoms with van der Waals surface area (Å²) in [5.41, 5.74) is 0.595. The number of nitrogens with one attached hydrogen (secondary N) is 1. The summed E-state index contributed by atoms with van der Waals surface area (Å²) in [6, 6.07) is 0. The van der Waals surface area contributed by atoms with E-state index in [2.05, 4.69) is 11.7 Å². The molecular weight excluding hydrogens is 110 g/mol. The zero-order valence-electron chi connectivity index (χ0n) is 5.82. The maximum absolute atomic E-state index is 3.53. The molecule has 1 unspecified atom stereocenters. The summed E-state index contributed by atoms with van der Waals surface area (Å²) in [6.07, 6.45) is 9.37. The Morgan fingerprint density at radius 1 is 1.33 bits per heavy atom. The highest BCUT2D eigenvalue weighted by molar-refractivity contribution is 5.02. The zero-order valence-corrected chi connectivity index (χ0v) is 5.82. The van der Waals surface area contributed by atoms with Crippen molar-refractivity contribution in [2.24, 2.45) is 0 Å². The maximum Gasteiger partial charge on any atom is 0.0196 e. The van der Waals surface area contributed by atoms with Gasteiger partial charge in [-0.3, -0.25) is 0 Å². The van der Waals surface area contributed by atoms with Crippen molar-refractivity contribution in [3.63, 3.8) is 0 Å². The molecule has 9 heavy (non-hydrogen) atoms. The van der Waals surface area contributed by atoms with Crippen LogP contribution in [0.3, 0.4) is 0 Å². The van der Waals surface area contributed by atoms with Crippen molar-refractivity contribution in [3.8, 4) is 0 Å². The van der Waals surface area contributed by atoms with Crippen LogP contribution in [0.15, 0.2) is 0 Å². The second-order valence-electron chi connectivity index (χ2n) is 3.34. The van der Waals surface area contributed by atoms with Gasteiger partial charge in [0, 0.05) is 5.54 Å². The second-order valence-corrected chi connectivity index (χ2v) is 3.34. The summed E-state index contributed by atoms with van der Waals surface area (Å²) in [5, 5.41) is 3.53. The predicted molar refractivity (Wildman–Crippen MR) is 38.1 cm³/mol. The topological polar surface area (TPSA) is 12.0 Å². The molecule has 51 valence electrons. The van der Waals surface area contributed by atoms with Crippen LogP contribution in [0.25, 0.3) is 0 Å². The lowest BCUT2D eigenvalue weighted by Crippen LogP contribution is -2.57. The van der Waals surface area contributed by atoms with Crippen LogP contribution in [-0.4, -0.2) is 12.1 Å². The summed E-state index contributed by atoms with van der Waals surface area (Å²) in [5.74, 6) is 0. The van der Waals surface area contributed by atoms with Gasteiger partial charge in [-0.25, -0.2) is 0 Å². The molecule has 1 atom stereocenters. The van der Waals surface area contributed by atoms with Gasteiger partial charge in [-0.2, -0.15) is 0 Å². The highest BCUT2D eigenvalue weighted by atomic mass is 15.0. The average molecular weight is 124 g/mol. The van der Waals surface area contributed by atoms with Crippen molar-refractivity contribution in [3.05, 3.63) is 6.42 Å². The van der Waals surface area contributed by atoms with Crippen molar-refractivity contribution < 1.29 is 0 Å². The van der Waals surface area contributed by atoms with Gasteiger partial charge in [0.2, 0.25) is 0 Å². The molecule has 1 heterocycles. The van der Waals surface area contributed by atoms with E-state index in [9.17, 15) is 0 Å².